The largest absolute Gasteiger partial charge is 0.380 e. The van der Waals surface area contributed by atoms with Crippen LogP contribution in [0.15, 0.2) is 0 Å². The van der Waals surface area contributed by atoms with Gasteiger partial charge in [0.2, 0.25) is 0 Å². The fraction of sp³-hybridized carbons (Fsp3) is 1.00. The summed E-state index contributed by atoms with van der Waals surface area (Å²) in [4.78, 5) is 0. The first-order chi connectivity index (χ1) is 10.0. The van der Waals surface area contributed by atoms with Crippen molar-refractivity contribution < 1.29 is 9.47 Å². The van der Waals surface area contributed by atoms with E-state index in [0.29, 0.717) is 5.25 Å². The van der Waals surface area contributed by atoms with E-state index in [9.17, 15) is 0 Å². The molecule has 21 heavy (non-hydrogen) atoms. The third-order valence-electron chi connectivity index (χ3n) is 5.63. The summed E-state index contributed by atoms with van der Waals surface area (Å²) in [6.07, 6.45) is 12.7. The van der Waals surface area contributed by atoms with Crippen LogP contribution in [-0.4, -0.2) is 54.2 Å². The maximum atomic E-state index is 6.46. The minimum Gasteiger partial charge on any atom is -0.380 e. The van der Waals surface area contributed by atoms with E-state index in [1.807, 2.05) is 0 Å². The van der Waals surface area contributed by atoms with Crippen LogP contribution in [0.25, 0.3) is 0 Å². The third kappa shape index (κ3) is 4.37. The first kappa shape index (κ1) is 18.0. The van der Waals surface area contributed by atoms with Crippen molar-refractivity contribution in [2.24, 2.45) is 0 Å². The van der Waals surface area contributed by atoms with Gasteiger partial charge in [0, 0.05) is 33.9 Å². The van der Waals surface area contributed by atoms with E-state index in [1.165, 1.54) is 61.6 Å². The zero-order chi connectivity index (χ0) is 15.3. The van der Waals surface area contributed by atoms with Crippen LogP contribution in [-0.2, 0) is 9.47 Å². The van der Waals surface area contributed by atoms with Crippen LogP contribution in [0.4, 0.5) is 0 Å². The molecule has 0 aromatic carbocycles. The van der Waals surface area contributed by atoms with Crippen molar-refractivity contribution in [3.05, 3.63) is 0 Å². The van der Waals surface area contributed by atoms with Gasteiger partial charge in [0.05, 0.1) is 14.0 Å². The number of hydrogen-bond acceptors (Lipinski definition) is 3. The van der Waals surface area contributed by atoms with E-state index < -0.39 is 8.80 Å². The summed E-state index contributed by atoms with van der Waals surface area (Å²) >= 11 is 2.06. The summed E-state index contributed by atoms with van der Waals surface area (Å²) < 4.78 is 12.6. The summed E-state index contributed by atoms with van der Waals surface area (Å²) in [6.45, 7) is 6.96. The van der Waals surface area contributed by atoms with Gasteiger partial charge in [-0.05, 0) is 57.6 Å². The van der Waals surface area contributed by atoms with Gasteiger partial charge in [-0.15, -0.1) is 0 Å². The number of hydrogen-bond donors (Lipinski definition) is 0. The van der Waals surface area contributed by atoms with Gasteiger partial charge in [-0.3, -0.25) is 0 Å². The van der Waals surface area contributed by atoms with Crippen LogP contribution in [0.2, 0.25) is 13.1 Å². The predicted octanol–water partition coefficient (Wildman–Crippen LogP) is 2.73. The van der Waals surface area contributed by atoms with Crippen molar-refractivity contribution >= 4 is 30.8 Å². The standard InChI is InChI=1S/C16H34O2SSi2/c1-19-14(8-11-15(20)9-4-6-12-17-15)16(21(2)3)10-5-7-13-18-16/h14,21H,4-13H2,1-3,20H3. The molecule has 2 aliphatic heterocycles. The molecule has 0 bridgehead atoms. The smallest absolute Gasteiger partial charge is 0.0709 e. The molecule has 3 atom stereocenters. The van der Waals surface area contributed by atoms with Crippen LogP contribution in [0.1, 0.15) is 51.4 Å². The predicted molar refractivity (Wildman–Crippen MR) is 100 cm³/mol. The molecule has 2 nitrogen and oxygen atoms in total. The Bertz CT molecular complexity index is 313. The molecule has 2 aliphatic rings. The number of ether oxygens (including phenoxy) is 2. The highest BCUT2D eigenvalue weighted by atomic mass is 32.2. The molecule has 2 rings (SSSR count). The van der Waals surface area contributed by atoms with Gasteiger partial charge in [-0.1, -0.05) is 13.1 Å². The highest BCUT2D eigenvalue weighted by Crippen LogP contribution is 2.40. The van der Waals surface area contributed by atoms with E-state index in [0.717, 1.165) is 13.2 Å². The molecule has 0 saturated carbocycles. The lowest BCUT2D eigenvalue weighted by atomic mass is 9.97. The molecule has 124 valence electrons. The summed E-state index contributed by atoms with van der Waals surface area (Å²) in [5, 5.41) is 1.19. The van der Waals surface area contributed by atoms with Crippen molar-refractivity contribution in [2.75, 3.05) is 19.5 Å². The second-order valence-electron chi connectivity index (χ2n) is 7.43. The minimum atomic E-state index is -0.832. The Morgan fingerprint density at radius 1 is 1.10 bits per heavy atom. The quantitative estimate of drug-likeness (QED) is 0.689. The van der Waals surface area contributed by atoms with Crippen LogP contribution in [0.3, 0.4) is 0 Å². The first-order valence-corrected chi connectivity index (χ1v) is 14.0. The molecule has 0 spiro atoms. The Balaban J connectivity index is 1.99. The number of rotatable bonds is 6. The van der Waals surface area contributed by atoms with E-state index in [4.69, 9.17) is 9.47 Å². The first-order valence-electron chi connectivity index (χ1n) is 8.83. The molecule has 2 heterocycles. The van der Waals surface area contributed by atoms with Gasteiger partial charge in [-0.2, -0.15) is 11.8 Å². The molecule has 0 aliphatic carbocycles. The fourth-order valence-corrected chi connectivity index (χ4v) is 9.26. The molecule has 0 aromatic heterocycles. The molecule has 0 N–H and O–H groups in total. The normalized spacial score (nSPS) is 36.0. The van der Waals surface area contributed by atoms with Gasteiger partial charge < -0.3 is 9.47 Å². The Morgan fingerprint density at radius 2 is 1.76 bits per heavy atom. The lowest BCUT2D eigenvalue weighted by molar-refractivity contribution is -0.0409. The molecule has 5 heteroatoms. The van der Waals surface area contributed by atoms with Gasteiger partial charge in [0.1, 0.15) is 0 Å². The molecule has 2 fully saturated rings. The van der Waals surface area contributed by atoms with Crippen LogP contribution >= 0.6 is 11.8 Å². The van der Waals surface area contributed by atoms with E-state index >= 15 is 0 Å². The zero-order valence-corrected chi connectivity index (χ0v) is 18.4. The topological polar surface area (TPSA) is 18.5 Å². The van der Waals surface area contributed by atoms with Crippen molar-refractivity contribution in [1.82, 2.24) is 0 Å². The van der Waals surface area contributed by atoms with Gasteiger partial charge in [-0.25, -0.2) is 0 Å². The monoisotopic (exact) mass is 346 g/mol. The van der Waals surface area contributed by atoms with Crippen LogP contribution in [0.5, 0.6) is 0 Å². The Morgan fingerprint density at radius 3 is 2.24 bits per heavy atom. The lowest BCUT2D eigenvalue weighted by Crippen LogP contribution is -2.55. The highest BCUT2D eigenvalue weighted by molar-refractivity contribution is 7.99. The summed E-state index contributed by atoms with van der Waals surface area (Å²) in [7, 11) is 0.346. The summed E-state index contributed by atoms with van der Waals surface area (Å²) in [5.41, 5.74) is 0. The van der Waals surface area contributed by atoms with Crippen molar-refractivity contribution in [2.45, 2.75) is 80.2 Å². The Labute approximate surface area is 140 Å². The second kappa shape index (κ2) is 8.00. The minimum absolute atomic E-state index is 0.240. The summed E-state index contributed by atoms with van der Waals surface area (Å²) in [5.74, 6) is 0. The lowest BCUT2D eigenvalue weighted by Gasteiger charge is -2.47. The molecule has 0 radical (unpaired) electrons. The third-order valence-corrected chi connectivity index (χ3v) is 11.2. The molecule has 3 unspecified atom stereocenters. The van der Waals surface area contributed by atoms with Gasteiger partial charge in [0.25, 0.3) is 0 Å². The second-order valence-corrected chi connectivity index (χ2v) is 13.6. The fourth-order valence-electron chi connectivity index (χ4n) is 4.11. The number of thioether (sulfide) groups is 1. The van der Waals surface area contributed by atoms with Gasteiger partial charge >= 0.3 is 0 Å². The Kier molecular flexibility index (Phi) is 6.87. The highest BCUT2D eigenvalue weighted by Gasteiger charge is 2.44. The average molecular weight is 347 g/mol. The summed E-state index contributed by atoms with van der Waals surface area (Å²) in [6, 6.07) is 0. The van der Waals surface area contributed by atoms with E-state index in [1.54, 1.807) is 0 Å². The average Bonchev–Trinajstić information content (AvgIpc) is 2.49. The van der Waals surface area contributed by atoms with E-state index in [2.05, 4.69) is 31.1 Å². The van der Waals surface area contributed by atoms with Crippen molar-refractivity contribution in [3.8, 4) is 0 Å². The zero-order valence-electron chi connectivity index (χ0n) is 14.5. The SMILES string of the molecule is CSC(CCC1([SiH3])CCCCO1)C1([SiH](C)C)CCCCO1. The van der Waals surface area contributed by atoms with Crippen molar-refractivity contribution in [1.29, 1.82) is 0 Å². The molecular weight excluding hydrogens is 312 g/mol. The van der Waals surface area contributed by atoms with E-state index in [-0.39, 0.29) is 10.4 Å². The maximum Gasteiger partial charge on any atom is 0.0709 e. The van der Waals surface area contributed by atoms with Gasteiger partial charge in [0.15, 0.2) is 0 Å². The van der Waals surface area contributed by atoms with Crippen molar-refractivity contribution in [3.63, 3.8) is 0 Å². The van der Waals surface area contributed by atoms with Crippen LogP contribution in [0, 0.1) is 0 Å². The maximum absolute atomic E-state index is 6.46. The molecule has 0 amide bonds. The molecule has 0 aromatic rings. The van der Waals surface area contributed by atoms with Crippen LogP contribution < -0.4 is 0 Å². The molecule has 2 saturated heterocycles. The molecular formula is C16H34O2SSi2. The Hall–Kier alpha value is 0.704.